The van der Waals surface area contributed by atoms with Crippen LogP contribution in [-0.4, -0.2) is 29.6 Å². The third-order valence-corrected chi connectivity index (χ3v) is 2.93. The molecule has 0 aromatic heterocycles. The number of hydrogen-bond donors (Lipinski definition) is 2. The quantitative estimate of drug-likeness (QED) is 0.811. The Morgan fingerprint density at radius 1 is 1.44 bits per heavy atom. The van der Waals surface area contributed by atoms with Crippen molar-refractivity contribution in [1.29, 1.82) is 0 Å². The molecule has 1 amide bonds. The predicted molar refractivity (Wildman–Crippen MR) is 75.3 cm³/mol. The molecule has 0 aliphatic rings. The molecule has 1 atom stereocenters. The number of nitrogens with one attached hydrogen (secondary N) is 1. The molecule has 0 saturated carbocycles. The first-order valence-corrected chi connectivity index (χ1v) is 7.04. The molecule has 0 saturated heterocycles. The van der Waals surface area contributed by atoms with Gasteiger partial charge in [0, 0.05) is 5.56 Å². The smallest absolute Gasteiger partial charge is 0.230 e. The second-order valence-electron chi connectivity index (χ2n) is 3.80. The van der Waals surface area contributed by atoms with Crippen molar-refractivity contribution in [2.45, 2.75) is 13.0 Å². The summed E-state index contributed by atoms with van der Waals surface area (Å²) in [6.07, 6.45) is 1.90. The van der Waals surface area contributed by atoms with Crippen LogP contribution in [0.25, 0.3) is 0 Å². The molecule has 18 heavy (non-hydrogen) atoms. The van der Waals surface area contributed by atoms with Crippen LogP contribution >= 0.6 is 11.8 Å². The lowest BCUT2D eigenvalue weighted by molar-refractivity contribution is -0.119. The summed E-state index contributed by atoms with van der Waals surface area (Å²) in [5, 5.41) is 11.5. The Morgan fingerprint density at radius 2 is 2.11 bits per heavy atom. The minimum atomic E-state index is -0.136. The van der Waals surface area contributed by atoms with Crippen molar-refractivity contribution in [3.05, 3.63) is 35.4 Å². The van der Waals surface area contributed by atoms with E-state index in [9.17, 15) is 4.79 Å². The summed E-state index contributed by atoms with van der Waals surface area (Å²) in [7, 11) is 0. The Labute approximate surface area is 112 Å². The summed E-state index contributed by atoms with van der Waals surface area (Å²) in [6, 6.07) is 7.63. The minimum absolute atomic E-state index is 0.00972. The molecule has 0 radical (unpaired) electrons. The molecule has 0 aliphatic carbocycles. The van der Waals surface area contributed by atoms with E-state index in [-0.39, 0.29) is 18.6 Å². The zero-order valence-corrected chi connectivity index (χ0v) is 11.4. The maximum atomic E-state index is 11.5. The van der Waals surface area contributed by atoms with E-state index in [1.54, 1.807) is 0 Å². The van der Waals surface area contributed by atoms with Gasteiger partial charge in [-0.3, -0.25) is 4.79 Å². The summed E-state index contributed by atoms with van der Waals surface area (Å²) in [5.74, 6) is 5.94. The van der Waals surface area contributed by atoms with Crippen LogP contribution in [-0.2, 0) is 4.79 Å². The average molecular weight is 263 g/mol. The molecular weight excluding hydrogens is 246 g/mol. The molecule has 0 bridgehead atoms. The zero-order valence-electron chi connectivity index (χ0n) is 10.6. The van der Waals surface area contributed by atoms with Gasteiger partial charge in [0.1, 0.15) is 6.61 Å². The van der Waals surface area contributed by atoms with Gasteiger partial charge in [0.15, 0.2) is 0 Å². The van der Waals surface area contributed by atoms with Gasteiger partial charge in [0.25, 0.3) is 0 Å². The fourth-order valence-electron chi connectivity index (χ4n) is 1.49. The Bertz CT molecular complexity index is 445. The molecular formula is C14H17NO2S. The Hall–Kier alpha value is -1.44. The van der Waals surface area contributed by atoms with E-state index < -0.39 is 0 Å². The molecule has 3 nitrogen and oxygen atoms in total. The lowest BCUT2D eigenvalue weighted by Crippen LogP contribution is -2.28. The Kier molecular flexibility index (Phi) is 6.34. The fraction of sp³-hybridized carbons (Fsp3) is 0.357. The highest BCUT2D eigenvalue weighted by Crippen LogP contribution is 2.13. The van der Waals surface area contributed by atoms with Crippen molar-refractivity contribution in [1.82, 2.24) is 5.32 Å². The summed E-state index contributed by atoms with van der Waals surface area (Å²) >= 11 is 1.50. The van der Waals surface area contributed by atoms with Crippen molar-refractivity contribution < 1.29 is 9.90 Å². The first kappa shape index (κ1) is 14.6. The molecule has 96 valence electrons. The number of carbonyl (C=O) groups excluding carboxylic acids is 1. The number of aliphatic hydroxyl groups is 1. The molecule has 1 unspecified atom stereocenters. The van der Waals surface area contributed by atoms with Gasteiger partial charge in [-0.05, 0) is 30.9 Å². The van der Waals surface area contributed by atoms with Crippen LogP contribution < -0.4 is 5.32 Å². The number of aliphatic hydroxyl groups excluding tert-OH is 1. The zero-order chi connectivity index (χ0) is 13.4. The third kappa shape index (κ3) is 4.82. The van der Waals surface area contributed by atoms with Gasteiger partial charge in [-0.25, -0.2) is 0 Å². The van der Waals surface area contributed by atoms with Gasteiger partial charge in [-0.2, -0.15) is 11.8 Å². The average Bonchev–Trinajstić information content (AvgIpc) is 2.37. The Morgan fingerprint density at radius 3 is 2.67 bits per heavy atom. The topological polar surface area (TPSA) is 49.3 Å². The molecule has 0 fully saturated rings. The van der Waals surface area contributed by atoms with Gasteiger partial charge < -0.3 is 10.4 Å². The maximum Gasteiger partial charge on any atom is 0.230 e. The van der Waals surface area contributed by atoms with E-state index in [0.29, 0.717) is 5.75 Å². The number of thioether (sulfide) groups is 1. The molecule has 1 aromatic rings. The van der Waals surface area contributed by atoms with Crippen molar-refractivity contribution in [2.75, 3.05) is 18.6 Å². The monoisotopic (exact) mass is 263 g/mol. The third-order valence-electron chi connectivity index (χ3n) is 2.38. The van der Waals surface area contributed by atoms with E-state index in [0.717, 1.165) is 11.1 Å². The minimum Gasteiger partial charge on any atom is -0.384 e. The fourth-order valence-corrected chi connectivity index (χ4v) is 1.84. The molecule has 0 spiro atoms. The van der Waals surface area contributed by atoms with Crippen LogP contribution in [0.4, 0.5) is 0 Å². The van der Waals surface area contributed by atoms with E-state index in [1.165, 1.54) is 11.8 Å². The SMILES string of the molecule is CSCC(=O)NC(C)c1ccc(C#CCO)cc1. The van der Waals surface area contributed by atoms with Crippen LogP contribution in [0.15, 0.2) is 24.3 Å². The van der Waals surface area contributed by atoms with Crippen molar-refractivity contribution in [3.8, 4) is 11.8 Å². The van der Waals surface area contributed by atoms with Crippen LogP contribution in [0.5, 0.6) is 0 Å². The van der Waals surface area contributed by atoms with Crippen molar-refractivity contribution >= 4 is 17.7 Å². The second kappa shape index (κ2) is 7.80. The lowest BCUT2D eigenvalue weighted by Gasteiger charge is -2.13. The van der Waals surface area contributed by atoms with E-state index in [1.807, 2.05) is 37.4 Å². The van der Waals surface area contributed by atoms with Crippen molar-refractivity contribution in [2.24, 2.45) is 0 Å². The molecule has 1 rings (SSSR count). The first-order chi connectivity index (χ1) is 8.67. The normalized spacial score (nSPS) is 11.3. The van der Waals surface area contributed by atoms with E-state index in [4.69, 9.17) is 5.11 Å². The van der Waals surface area contributed by atoms with Gasteiger partial charge in [-0.15, -0.1) is 0 Å². The summed E-state index contributed by atoms with van der Waals surface area (Å²) in [5.41, 5.74) is 1.90. The number of benzene rings is 1. The van der Waals surface area contributed by atoms with Crippen molar-refractivity contribution in [3.63, 3.8) is 0 Å². The number of rotatable bonds is 4. The van der Waals surface area contributed by atoms with Crippen LogP contribution in [0.2, 0.25) is 0 Å². The number of carbonyl (C=O) groups is 1. The summed E-state index contributed by atoms with van der Waals surface area (Å²) < 4.78 is 0. The van der Waals surface area contributed by atoms with Crippen LogP contribution in [0.3, 0.4) is 0 Å². The summed E-state index contributed by atoms with van der Waals surface area (Å²) in [4.78, 5) is 11.5. The number of hydrogen-bond acceptors (Lipinski definition) is 3. The maximum absolute atomic E-state index is 11.5. The lowest BCUT2D eigenvalue weighted by atomic mass is 10.1. The van der Waals surface area contributed by atoms with Gasteiger partial charge >= 0.3 is 0 Å². The highest BCUT2D eigenvalue weighted by atomic mass is 32.2. The highest BCUT2D eigenvalue weighted by Gasteiger charge is 2.08. The molecule has 0 aliphatic heterocycles. The second-order valence-corrected chi connectivity index (χ2v) is 4.67. The van der Waals surface area contributed by atoms with E-state index in [2.05, 4.69) is 17.2 Å². The van der Waals surface area contributed by atoms with Gasteiger partial charge in [0.2, 0.25) is 5.91 Å². The molecule has 0 heterocycles. The van der Waals surface area contributed by atoms with Crippen LogP contribution in [0, 0.1) is 11.8 Å². The number of amides is 1. The van der Waals surface area contributed by atoms with E-state index >= 15 is 0 Å². The predicted octanol–water partition coefficient (Wildman–Crippen LogP) is 1.57. The van der Waals surface area contributed by atoms with Gasteiger partial charge in [-0.1, -0.05) is 24.0 Å². The molecule has 1 aromatic carbocycles. The largest absolute Gasteiger partial charge is 0.384 e. The Balaban J connectivity index is 2.64. The highest BCUT2D eigenvalue weighted by molar-refractivity contribution is 7.99. The molecule has 4 heteroatoms. The van der Waals surface area contributed by atoms with Gasteiger partial charge in [0.05, 0.1) is 11.8 Å². The molecule has 2 N–H and O–H groups in total. The van der Waals surface area contributed by atoms with Crippen LogP contribution in [0.1, 0.15) is 24.1 Å². The first-order valence-electron chi connectivity index (χ1n) is 5.65. The summed E-state index contributed by atoms with van der Waals surface area (Å²) in [6.45, 7) is 1.82. The standard InChI is InChI=1S/C14H17NO2S/c1-11(15-14(17)10-18-2)13-7-5-12(6-8-13)4-3-9-16/h5-8,11,16H,9-10H2,1-2H3,(H,15,17).